The van der Waals surface area contributed by atoms with E-state index in [1.54, 1.807) is 45.0 Å². The zero-order valence-electron chi connectivity index (χ0n) is 24.3. The summed E-state index contributed by atoms with van der Waals surface area (Å²) in [5.41, 5.74) is 5.31. The lowest BCUT2D eigenvalue weighted by atomic mass is 10.00. The minimum atomic E-state index is -1.24. The number of primary amides is 1. The summed E-state index contributed by atoms with van der Waals surface area (Å²) in [5.74, 6) is -1.86. The summed E-state index contributed by atoms with van der Waals surface area (Å²) in [5, 5.41) is 18.3. The standard InChI is InChI=1S/C32H38N4O6/c1-19-17-25(19)36(30(40)24(15-16-27(33)38)35-31(41)42-32(2,3)4)28(23-11-7-8-12-26(23)37)29(39)34-22-14-13-20-9-5-6-10-21(20)18-22/h5-14,18-19,24-25,28,37H,15-17H2,1-4H3,(H2,33,38)(H,34,39)(H,35,41). The van der Waals surface area contributed by atoms with Crippen LogP contribution in [0.4, 0.5) is 10.5 Å². The van der Waals surface area contributed by atoms with Crippen LogP contribution in [0.15, 0.2) is 66.7 Å². The molecule has 0 aromatic heterocycles. The number of aromatic hydroxyl groups is 1. The van der Waals surface area contributed by atoms with Crippen molar-refractivity contribution in [2.45, 2.75) is 70.7 Å². The summed E-state index contributed by atoms with van der Waals surface area (Å²) in [7, 11) is 0. The van der Waals surface area contributed by atoms with E-state index in [0.717, 1.165) is 10.8 Å². The highest BCUT2D eigenvalue weighted by Gasteiger charge is 2.48. The van der Waals surface area contributed by atoms with Gasteiger partial charge in [0, 0.05) is 23.7 Å². The molecule has 1 fully saturated rings. The number of carbonyl (C=O) groups excluding carboxylic acids is 4. The summed E-state index contributed by atoms with van der Waals surface area (Å²) in [6.45, 7) is 7.02. The smallest absolute Gasteiger partial charge is 0.408 e. The molecule has 1 aliphatic rings. The number of nitrogens with two attached hydrogens (primary N) is 1. The number of fused-ring (bicyclic) bond motifs is 1. The molecule has 0 bridgehead atoms. The Morgan fingerprint density at radius 2 is 1.67 bits per heavy atom. The Kier molecular flexibility index (Phi) is 9.04. The number of alkyl carbamates (subject to hydrolysis) is 1. The number of hydrogen-bond acceptors (Lipinski definition) is 6. The first kappa shape index (κ1) is 30.4. The molecule has 4 amide bonds. The fraction of sp³-hybridized carbons (Fsp3) is 0.375. The second-order valence-electron chi connectivity index (χ2n) is 11.7. The first-order valence-electron chi connectivity index (χ1n) is 14.0. The van der Waals surface area contributed by atoms with Gasteiger partial charge in [-0.3, -0.25) is 14.4 Å². The van der Waals surface area contributed by atoms with Gasteiger partial charge in [0.25, 0.3) is 5.91 Å². The maximum absolute atomic E-state index is 14.3. The molecule has 0 aliphatic heterocycles. The molecule has 0 radical (unpaired) electrons. The molecule has 10 heteroatoms. The molecular formula is C32H38N4O6. The van der Waals surface area contributed by atoms with Crippen molar-refractivity contribution in [2.24, 2.45) is 11.7 Å². The molecule has 10 nitrogen and oxygen atoms in total. The maximum atomic E-state index is 14.3. The van der Waals surface area contributed by atoms with Gasteiger partial charge < -0.3 is 31.1 Å². The van der Waals surface area contributed by atoms with E-state index in [2.05, 4.69) is 10.6 Å². The molecule has 42 heavy (non-hydrogen) atoms. The predicted octanol–water partition coefficient (Wildman–Crippen LogP) is 4.62. The fourth-order valence-corrected chi connectivity index (χ4v) is 4.96. The van der Waals surface area contributed by atoms with E-state index < -0.39 is 41.5 Å². The number of hydrogen-bond donors (Lipinski definition) is 4. The summed E-state index contributed by atoms with van der Waals surface area (Å²) < 4.78 is 5.37. The highest BCUT2D eigenvalue weighted by atomic mass is 16.6. The van der Waals surface area contributed by atoms with Gasteiger partial charge in [0.05, 0.1) is 0 Å². The van der Waals surface area contributed by atoms with Gasteiger partial charge in [-0.15, -0.1) is 0 Å². The first-order valence-corrected chi connectivity index (χ1v) is 14.0. The largest absolute Gasteiger partial charge is 0.508 e. The highest BCUT2D eigenvalue weighted by molar-refractivity contribution is 6.01. The molecule has 4 rings (SSSR count). The van der Waals surface area contributed by atoms with Gasteiger partial charge in [-0.2, -0.15) is 0 Å². The van der Waals surface area contributed by atoms with Crippen molar-refractivity contribution in [2.75, 3.05) is 5.32 Å². The van der Waals surface area contributed by atoms with Crippen LogP contribution in [0.1, 0.15) is 58.6 Å². The van der Waals surface area contributed by atoms with Crippen molar-refractivity contribution in [3.05, 3.63) is 72.3 Å². The van der Waals surface area contributed by atoms with E-state index >= 15 is 0 Å². The average molecular weight is 575 g/mol. The molecule has 3 aromatic carbocycles. The van der Waals surface area contributed by atoms with Crippen LogP contribution in [0.5, 0.6) is 5.75 Å². The quantitative estimate of drug-likeness (QED) is 0.277. The third kappa shape index (κ3) is 7.57. The number of anilines is 1. The minimum Gasteiger partial charge on any atom is -0.508 e. The van der Waals surface area contributed by atoms with Gasteiger partial charge in [0.2, 0.25) is 11.8 Å². The monoisotopic (exact) mass is 574 g/mol. The summed E-state index contributed by atoms with van der Waals surface area (Å²) >= 11 is 0. The van der Waals surface area contributed by atoms with Crippen molar-refractivity contribution in [3.8, 4) is 5.75 Å². The number of amides is 4. The molecule has 222 valence electrons. The number of benzene rings is 3. The van der Waals surface area contributed by atoms with Gasteiger partial charge in [0.15, 0.2) is 0 Å². The Labute approximate surface area is 245 Å². The van der Waals surface area contributed by atoms with Crippen LogP contribution in [-0.4, -0.2) is 51.5 Å². The third-order valence-corrected chi connectivity index (χ3v) is 7.12. The Morgan fingerprint density at radius 1 is 1.02 bits per heavy atom. The lowest BCUT2D eigenvalue weighted by Gasteiger charge is -2.35. The number of nitrogens with one attached hydrogen (secondary N) is 2. The number of carbonyl (C=O) groups is 4. The molecular weight excluding hydrogens is 536 g/mol. The number of para-hydroxylation sites is 1. The molecule has 0 heterocycles. The maximum Gasteiger partial charge on any atom is 0.408 e. The molecule has 1 aliphatic carbocycles. The topological polar surface area (TPSA) is 151 Å². The van der Waals surface area contributed by atoms with Crippen LogP contribution in [0.3, 0.4) is 0 Å². The van der Waals surface area contributed by atoms with Crippen molar-refractivity contribution in [1.29, 1.82) is 0 Å². The SMILES string of the molecule is CC1CC1N(C(=O)C(CCC(N)=O)NC(=O)OC(C)(C)C)C(C(=O)Nc1ccc2ccccc2c1)c1ccccc1O. The molecule has 4 unspecified atom stereocenters. The second kappa shape index (κ2) is 12.5. The van der Waals surface area contributed by atoms with E-state index in [1.807, 2.05) is 43.3 Å². The van der Waals surface area contributed by atoms with Crippen LogP contribution in [0.25, 0.3) is 10.8 Å². The van der Waals surface area contributed by atoms with Crippen molar-refractivity contribution >= 4 is 40.3 Å². The number of rotatable bonds is 10. The Bertz CT molecular complexity index is 1480. The molecule has 1 saturated carbocycles. The number of ether oxygens (including phenoxy) is 1. The minimum absolute atomic E-state index is 0.0640. The molecule has 0 spiro atoms. The Balaban J connectivity index is 1.72. The van der Waals surface area contributed by atoms with Crippen LogP contribution in [-0.2, 0) is 19.1 Å². The van der Waals surface area contributed by atoms with Crippen LogP contribution >= 0.6 is 0 Å². The van der Waals surface area contributed by atoms with Gasteiger partial charge in [-0.1, -0.05) is 55.5 Å². The van der Waals surface area contributed by atoms with Crippen molar-refractivity contribution in [3.63, 3.8) is 0 Å². The van der Waals surface area contributed by atoms with Gasteiger partial charge >= 0.3 is 6.09 Å². The van der Waals surface area contributed by atoms with E-state index in [-0.39, 0.29) is 36.1 Å². The van der Waals surface area contributed by atoms with Crippen molar-refractivity contribution < 1.29 is 29.0 Å². The highest BCUT2D eigenvalue weighted by Crippen LogP contribution is 2.42. The number of phenols is 1. The lowest BCUT2D eigenvalue weighted by molar-refractivity contribution is -0.142. The van der Waals surface area contributed by atoms with Crippen LogP contribution < -0.4 is 16.4 Å². The van der Waals surface area contributed by atoms with E-state index in [4.69, 9.17) is 10.5 Å². The summed E-state index contributed by atoms with van der Waals surface area (Å²) in [6, 6.07) is 16.8. The van der Waals surface area contributed by atoms with Gasteiger partial charge in [-0.25, -0.2) is 4.79 Å². The first-order chi connectivity index (χ1) is 19.8. The summed E-state index contributed by atoms with van der Waals surface area (Å²) in [4.78, 5) is 54.2. The fourth-order valence-electron chi connectivity index (χ4n) is 4.96. The van der Waals surface area contributed by atoms with Crippen molar-refractivity contribution in [1.82, 2.24) is 10.2 Å². The Morgan fingerprint density at radius 3 is 2.29 bits per heavy atom. The molecule has 3 aromatic rings. The average Bonchev–Trinajstić information content (AvgIpc) is 3.64. The van der Waals surface area contributed by atoms with E-state index in [0.29, 0.717) is 12.1 Å². The lowest BCUT2D eigenvalue weighted by Crippen LogP contribution is -2.53. The van der Waals surface area contributed by atoms with Crippen LogP contribution in [0, 0.1) is 5.92 Å². The van der Waals surface area contributed by atoms with Crippen LogP contribution in [0.2, 0.25) is 0 Å². The predicted molar refractivity (Wildman–Crippen MR) is 159 cm³/mol. The molecule has 5 N–H and O–H groups in total. The third-order valence-electron chi connectivity index (χ3n) is 7.12. The van der Waals surface area contributed by atoms with E-state index in [9.17, 15) is 24.3 Å². The normalized spacial score (nSPS) is 17.5. The van der Waals surface area contributed by atoms with Gasteiger partial charge in [0.1, 0.15) is 23.4 Å². The van der Waals surface area contributed by atoms with E-state index in [1.165, 1.54) is 11.0 Å². The molecule has 4 atom stereocenters. The summed E-state index contributed by atoms with van der Waals surface area (Å²) in [6.07, 6.45) is -0.488. The second-order valence-corrected chi connectivity index (χ2v) is 11.7. The zero-order chi connectivity index (χ0) is 30.6. The number of nitrogens with zero attached hydrogens (tertiary/aromatic N) is 1. The zero-order valence-corrected chi connectivity index (χ0v) is 24.3. The molecule has 0 saturated heterocycles. The van der Waals surface area contributed by atoms with Gasteiger partial charge in [-0.05, 0) is 68.5 Å². The Hall–Kier alpha value is -4.60. The number of phenolic OH excluding ortho intramolecular Hbond substituents is 1.